The Morgan fingerprint density at radius 1 is 1.14 bits per heavy atom. The Kier molecular flexibility index (Phi) is 5.43. The summed E-state index contributed by atoms with van der Waals surface area (Å²) in [6.45, 7) is 3.84. The second kappa shape index (κ2) is 8.31. The molecule has 4 rings (SSSR count). The number of hydrogen-bond donors (Lipinski definition) is 2. The molecule has 1 aliphatic heterocycles. The zero-order valence-electron chi connectivity index (χ0n) is 15.9. The molecule has 1 unspecified atom stereocenters. The van der Waals surface area contributed by atoms with Crippen LogP contribution in [0.2, 0.25) is 0 Å². The summed E-state index contributed by atoms with van der Waals surface area (Å²) in [4.78, 5) is 17.3. The number of nitrogens with zero attached hydrogens (tertiary/aromatic N) is 4. The van der Waals surface area contributed by atoms with Crippen LogP contribution in [-0.4, -0.2) is 39.0 Å². The lowest BCUT2D eigenvalue weighted by molar-refractivity contribution is 0.0937. The van der Waals surface area contributed by atoms with Crippen molar-refractivity contribution >= 4 is 5.91 Å². The van der Waals surface area contributed by atoms with Gasteiger partial charge in [-0.25, -0.2) is 4.68 Å². The standard InChI is InChI=1S/C21H24N6O/c1-15-19(25-26-27(15)18-9-12-22-13-10-18)21(28)24-20(16-6-3-2-4-7-16)17-8-5-11-23-14-17/h2-8,11,14,18,20,22H,9-10,12-13H2,1H3,(H,24,28). The van der Waals surface area contributed by atoms with E-state index >= 15 is 0 Å². The van der Waals surface area contributed by atoms with E-state index in [1.165, 1.54) is 0 Å². The van der Waals surface area contributed by atoms with Crippen LogP contribution in [0.15, 0.2) is 54.9 Å². The van der Waals surface area contributed by atoms with E-state index in [1.807, 2.05) is 54.1 Å². The molecule has 0 radical (unpaired) electrons. The van der Waals surface area contributed by atoms with Gasteiger partial charge < -0.3 is 10.6 Å². The smallest absolute Gasteiger partial charge is 0.274 e. The Labute approximate surface area is 164 Å². The molecular weight excluding hydrogens is 352 g/mol. The topological polar surface area (TPSA) is 84.7 Å². The van der Waals surface area contributed by atoms with Gasteiger partial charge in [-0.15, -0.1) is 5.10 Å². The number of nitrogens with one attached hydrogen (secondary N) is 2. The summed E-state index contributed by atoms with van der Waals surface area (Å²) in [5.74, 6) is -0.226. The first kappa shape index (κ1) is 18.3. The molecule has 1 amide bonds. The number of carbonyl (C=O) groups is 1. The summed E-state index contributed by atoms with van der Waals surface area (Å²) in [5, 5.41) is 14.9. The van der Waals surface area contributed by atoms with Gasteiger partial charge in [-0.2, -0.15) is 0 Å². The molecule has 1 atom stereocenters. The van der Waals surface area contributed by atoms with Gasteiger partial charge >= 0.3 is 0 Å². The number of pyridine rings is 1. The number of piperidine rings is 1. The summed E-state index contributed by atoms with van der Waals surface area (Å²) in [6.07, 6.45) is 5.49. The van der Waals surface area contributed by atoms with Crippen LogP contribution in [0.5, 0.6) is 0 Å². The van der Waals surface area contributed by atoms with Crippen LogP contribution in [0.25, 0.3) is 0 Å². The molecule has 1 fully saturated rings. The predicted octanol–water partition coefficient (Wildman–Crippen LogP) is 2.43. The molecule has 0 saturated carbocycles. The maximum absolute atomic E-state index is 13.1. The van der Waals surface area contributed by atoms with Crippen molar-refractivity contribution in [2.24, 2.45) is 0 Å². The maximum Gasteiger partial charge on any atom is 0.274 e. The Morgan fingerprint density at radius 2 is 1.89 bits per heavy atom. The van der Waals surface area contributed by atoms with Crippen molar-refractivity contribution in [3.63, 3.8) is 0 Å². The Balaban J connectivity index is 1.59. The third kappa shape index (κ3) is 3.80. The molecule has 7 nitrogen and oxygen atoms in total. The van der Waals surface area contributed by atoms with Crippen molar-refractivity contribution < 1.29 is 4.79 Å². The molecule has 1 aliphatic rings. The van der Waals surface area contributed by atoms with Crippen molar-refractivity contribution in [2.45, 2.75) is 31.8 Å². The summed E-state index contributed by atoms with van der Waals surface area (Å²) in [7, 11) is 0. The highest BCUT2D eigenvalue weighted by atomic mass is 16.2. The number of benzene rings is 1. The summed E-state index contributed by atoms with van der Waals surface area (Å²) in [6, 6.07) is 13.7. The van der Waals surface area contributed by atoms with E-state index in [-0.39, 0.29) is 11.9 Å². The van der Waals surface area contributed by atoms with Gasteiger partial charge in [0.15, 0.2) is 5.69 Å². The SMILES string of the molecule is Cc1c(C(=O)NC(c2ccccc2)c2cccnc2)nnn1C1CCNCC1. The van der Waals surface area contributed by atoms with Gasteiger partial charge in [0.05, 0.1) is 17.8 Å². The molecule has 28 heavy (non-hydrogen) atoms. The van der Waals surface area contributed by atoms with Gasteiger partial charge in [-0.1, -0.05) is 41.6 Å². The third-order valence-corrected chi connectivity index (χ3v) is 5.22. The first-order chi connectivity index (χ1) is 13.7. The maximum atomic E-state index is 13.1. The second-order valence-electron chi connectivity index (χ2n) is 7.05. The molecule has 0 bridgehead atoms. The molecule has 7 heteroatoms. The van der Waals surface area contributed by atoms with Gasteiger partial charge in [-0.05, 0) is 50.0 Å². The number of aromatic nitrogens is 4. The molecule has 0 spiro atoms. The minimum absolute atomic E-state index is 0.226. The number of rotatable bonds is 5. The molecule has 1 aromatic carbocycles. The normalized spacial score (nSPS) is 15.9. The highest BCUT2D eigenvalue weighted by Crippen LogP contribution is 2.23. The van der Waals surface area contributed by atoms with Crippen molar-refractivity contribution in [2.75, 3.05) is 13.1 Å². The van der Waals surface area contributed by atoms with E-state index in [0.717, 1.165) is 42.8 Å². The Morgan fingerprint density at radius 3 is 2.61 bits per heavy atom. The van der Waals surface area contributed by atoms with Crippen LogP contribution in [0, 0.1) is 6.92 Å². The molecular formula is C21H24N6O. The fourth-order valence-corrected chi connectivity index (χ4v) is 3.70. The van der Waals surface area contributed by atoms with E-state index in [2.05, 4.69) is 25.9 Å². The van der Waals surface area contributed by atoms with Crippen LogP contribution in [0.3, 0.4) is 0 Å². The second-order valence-corrected chi connectivity index (χ2v) is 7.05. The zero-order valence-corrected chi connectivity index (χ0v) is 15.9. The number of amides is 1. The average Bonchev–Trinajstić information content (AvgIpc) is 3.15. The first-order valence-corrected chi connectivity index (χ1v) is 9.62. The fourth-order valence-electron chi connectivity index (χ4n) is 3.70. The zero-order chi connectivity index (χ0) is 19.3. The van der Waals surface area contributed by atoms with Gasteiger partial charge in [0, 0.05) is 12.4 Å². The minimum atomic E-state index is -0.300. The molecule has 0 aliphatic carbocycles. The van der Waals surface area contributed by atoms with E-state index < -0.39 is 0 Å². The Hall–Kier alpha value is -3.06. The fraction of sp³-hybridized carbons (Fsp3) is 0.333. The highest BCUT2D eigenvalue weighted by Gasteiger charge is 2.25. The molecule has 2 aromatic heterocycles. The van der Waals surface area contributed by atoms with Crippen LogP contribution >= 0.6 is 0 Å². The lowest BCUT2D eigenvalue weighted by atomic mass is 10.00. The summed E-state index contributed by atoms with van der Waals surface area (Å²) in [5.41, 5.74) is 3.10. The van der Waals surface area contributed by atoms with Gasteiger partial charge in [-0.3, -0.25) is 9.78 Å². The van der Waals surface area contributed by atoms with Gasteiger partial charge in [0.25, 0.3) is 5.91 Å². The molecule has 144 valence electrons. The quantitative estimate of drug-likeness (QED) is 0.714. The largest absolute Gasteiger partial charge is 0.340 e. The molecule has 1 saturated heterocycles. The highest BCUT2D eigenvalue weighted by molar-refractivity contribution is 5.93. The van der Waals surface area contributed by atoms with E-state index in [0.29, 0.717) is 11.7 Å². The third-order valence-electron chi connectivity index (χ3n) is 5.22. The lowest BCUT2D eigenvalue weighted by Gasteiger charge is -2.23. The van der Waals surface area contributed by atoms with Crippen molar-refractivity contribution in [3.05, 3.63) is 77.4 Å². The monoisotopic (exact) mass is 376 g/mol. The average molecular weight is 376 g/mol. The van der Waals surface area contributed by atoms with Crippen molar-refractivity contribution in [3.8, 4) is 0 Å². The summed E-state index contributed by atoms with van der Waals surface area (Å²) < 4.78 is 1.90. The molecule has 3 heterocycles. The van der Waals surface area contributed by atoms with Gasteiger partial charge in [0.1, 0.15) is 0 Å². The lowest BCUT2D eigenvalue weighted by Crippen LogP contribution is -2.31. The van der Waals surface area contributed by atoms with Crippen LogP contribution in [0.1, 0.15) is 52.2 Å². The molecule has 3 aromatic rings. The minimum Gasteiger partial charge on any atom is -0.340 e. The van der Waals surface area contributed by atoms with Crippen LogP contribution < -0.4 is 10.6 Å². The van der Waals surface area contributed by atoms with Crippen LogP contribution in [0.4, 0.5) is 0 Å². The van der Waals surface area contributed by atoms with E-state index in [9.17, 15) is 4.79 Å². The number of hydrogen-bond acceptors (Lipinski definition) is 5. The van der Waals surface area contributed by atoms with Crippen LogP contribution in [-0.2, 0) is 0 Å². The van der Waals surface area contributed by atoms with E-state index in [4.69, 9.17) is 0 Å². The molecule has 2 N–H and O–H groups in total. The summed E-state index contributed by atoms with van der Waals surface area (Å²) >= 11 is 0. The van der Waals surface area contributed by atoms with Crippen molar-refractivity contribution in [1.29, 1.82) is 0 Å². The van der Waals surface area contributed by atoms with E-state index in [1.54, 1.807) is 12.4 Å². The van der Waals surface area contributed by atoms with Crippen molar-refractivity contribution in [1.82, 2.24) is 30.6 Å². The van der Waals surface area contributed by atoms with Gasteiger partial charge in [0.2, 0.25) is 0 Å². The number of carbonyl (C=O) groups excluding carboxylic acids is 1. The predicted molar refractivity (Wildman–Crippen MR) is 106 cm³/mol. The Bertz CT molecular complexity index is 879. The first-order valence-electron chi connectivity index (χ1n) is 9.62.